The van der Waals surface area contributed by atoms with Crippen molar-refractivity contribution in [1.29, 1.82) is 0 Å². The van der Waals surface area contributed by atoms with Gasteiger partial charge in [-0.15, -0.1) is 0 Å². The van der Waals surface area contributed by atoms with Gasteiger partial charge in [0.25, 0.3) is 0 Å². The van der Waals surface area contributed by atoms with Crippen LogP contribution in [0.5, 0.6) is 0 Å². The summed E-state index contributed by atoms with van der Waals surface area (Å²) in [5.41, 5.74) is 2.57. The molecule has 0 aromatic carbocycles. The summed E-state index contributed by atoms with van der Waals surface area (Å²) < 4.78 is 0. The third-order valence-electron chi connectivity index (χ3n) is 1.57. The van der Waals surface area contributed by atoms with E-state index in [4.69, 9.17) is 0 Å². The van der Waals surface area contributed by atoms with Gasteiger partial charge in [0.05, 0.1) is 0 Å². The Morgan fingerprint density at radius 1 is 1.45 bits per heavy atom. The second kappa shape index (κ2) is 5.90. The predicted molar refractivity (Wildman–Crippen MR) is 52.2 cm³/mol. The summed E-state index contributed by atoms with van der Waals surface area (Å²) >= 11 is 0. The van der Waals surface area contributed by atoms with Crippen molar-refractivity contribution in [3.63, 3.8) is 0 Å². The standard InChI is InChI=1S/C10H17N/c1-5-9(3)7-10(6-2)8-11-4/h5,7-8H,6H2,1-4H3/b9-5-,10-7-,11-8?. The monoisotopic (exact) mass is 151 g/mol. The third kappa shape index (κ3) is 4.54. The molecule has 0 aliphatic carbocycles. The van der Waals surface area contributed by atoms with Gasteiger partial charge in [0, 0.05) is 13.3 Å². The van der Waals surface area contributed by atoms with Gasteiger partial charge in [0.1, 0.15) is 0 Å². The summed E-state index contributed by atoms with van der Waals surface area (Å²) in [7, 11) is 1.80. The lowest BCUT2D eigenvalue weighted by atomic mass is 10.1. The number of nitrogens with zero attached hydrogens (tertiary/aromatic N) is 1. The summed E-state index contributed by atoms with van der Waals surface area (Å²) in [6, 6.07) is 0. The lowest BCUT2D eigenvalue weighted by Crippen LogP contribution is -1.82. The number of aliphatic imine (C=N–C) groups is 1. The summed E-state index contributed by atoms with van der Waals surface area (Å²) in [5.74, 6) is 0. The molecule has 0 radical (unpaired) electrons. The molecule has 11 heavy (non-hydrogen) atoms. The molecule has 0 aromatic heterocycles. The van der Waals surface area contributed by atoms with Gasteiger partial charge in [0.2, 0.25) is 0 Å². The van der Waals surface area contributed by atoms with Crippen LogP contribution in [0, 0.1) is 0 Å². The highest BCUT2D eigenvalue weighted by atomic mass is 14.6. The highest BCUT2D eigenvalue weighted by molar-refractivity contribution is 5.79. The molecule has 0 saturated carbocycles. The molecule has 0 aliphatic rings. The smallest absolute Gasteiger partial charge is 0.0277 e. The predicted octanol–water partition coefficient (Wildman–Crippen LogP) is 2.99. The molecule has 0 unspecified atom stereocenters. The second-order valence-corrected chi connectivity index (χ2v) is 2.49. The van der Waals surface area contributed by atoms with Crippen molar-refractivity contribution in [2.45, 2.75) is 27.2 Å². The van der Waals surface area contributed by atoms with Crippen LogP contribution in [0.25, 0.3) is 0 Å². The van der Waals surface area contributed by atoms with Crippen LogP contribution in [0.3, 0.4) is 0 Å². The number of hydrogen-bond acceptors (Lipinski definition) is 1. The Bertz CT molecular complexity index is 185. The fourth-order valence-corrected chi connectivity index (χ4v) is 0.772. The molecule has 0 aromatic rings. The average molecular weight is 151 g/mol. The van der Waals surface area contributed by atoms with Gasteiger partial charge in [0.15, 0.2) is 0 Å². The zero-order chi connectivity index (χ0) is 8.69. The number of rotatable bonds is 3. The molecule has 0 spiro atoms. The van der Waals surface area contributed by atoms with Crippen LogP contribution in [0.2, 0.25) is 0 Å². The SMILES string of the molecule is C/C=C(C)\C=C(/C=NC)CC. The Hall–Kier alpha value is -0.850. The minimum absolute atomic E-state index is 1.04. The molecule has 0 N–H and O–H groups in total. The van der Waals surface area contributed by atoms with Crippen molar-refractivity contribution >= 4 is 6.21 Å². The number of allylic oxidation sites excluding steroid dienone is 4. The maximum atomic E-state index is 3.97. The van der Waals surface area contributed by atoms with Gasteiger partial charge < -0.3 is 0 Å². The van der Waals surface area contributed by atoms with E-state index in [1.54, 1.807) is 7.05 Å². The van der Waals surface area contributed by atoms with E-state index in [9.17, 15) is 0 Å². The van der Waals surface area contributed by atoms with E-state index in [1.807, 2.05) is 13.1 Å². The van der Waals surface area contributed by atoms with Gasteiger partial charge in [-0.2, -0.15) is 0 Å². The Morgan fingerprint density at radius 2 is 2.09 bits per heavy atom. The van der Waals surface area contributed by atoms with Gasteiger partial charge in [-0.05, 0) is 25.8 Å². The Kier molecular flexibility index (Phi) is 5.44. The summed E-state index contributed by atoms with van der Waals surface area (Å²) in [5, 5.41) is 0. The maximum absolute atomic E-state index is 3.97. The first-order chi connectivity index (χ1) is 5.24. The molecule has 1 heteroatoms. The fraction of sp³-hybridized carbons (Fsp3) is 0.500. The zero-order valence-electron chi connectivity index (χ0n) is 7.89. The minimum Gasteiger partial charge on any atom is -0.296 e. The van der Waals surface area contributed by atoms with Crippen molar-refractivity contribution in [1.82, 2.24) is 0 Å². The third-order valence-corrected chi connectivity index (χ3v) is 1.57. The molecule has 1 nitrogen and oxygen atoms in total. The van der Waals surface area contributed by atoms with Crippen molar-refractivity contribution in [2.75, 3.05) is 7.05 Å². The molecular weight excluding hydrogens is 134 g/mol. The first-order valence-electron chi connectivity index (χ1n) is 4.00. The fourth-order valence-electron chi connectivity index (χ4n) is 0.772. The van der Waals surface area contributed by atoms with Gasteiger partial charge in [-0.1, -0.05) is 24.6 Å². The minimum atomic E-state index is 1.04. The average Bonchev–Trinajstić information content (AvgIpc) is 2.03. The Balaban J connectivity index is 4.35. The van der Waals surface area contributed by atoms with Crippen molar-refractivity contribution < 1.29 is 0 Å². The molecule has 0 amide bonds. The second-order valence-electron chi connectivity index (χ2n) is 2.49. The van der Waals surface area contributed by atoms with Crippen LogP contribution < -0.4 is 0 Å². The summed E-state index contributed by atoms with van der Waals surface area (Å²) in [6.45, 7) is 6.28. The highest BCUT2D eigenvalue weighted by Crippen LogP contribution is 2.03. The van der Waals surface area contributed by atoms with Gasteiger partial charge in [-0.25, -0.2) is 0 Å². The van der Waals surface area contributed by atoms with Crippen molar-refractivity contribution in [3.8, 4) is 0 Å². The molecule has 0 bridgehead atoms. The quantitative estimate of drug-likeness (QED) is 0.434. The molecule has 0 saturated heterocycles. The maximum Gasteiger partial charge on any atom is 0.0277 e. The van der Waals surface area contributed by atoms with Crippen LogP contribution in [-0.4, -0.2) is 13.3 Å². The van der Waals surface area contributed by atoms with Crippen LogP contribution in [0.4, 0.5) is 0 Å². The molecule has 0 fully saturated rings. The van der Waals surface area contributed by atoms with E-state index >= 15 is 0 Å². The largest absolute Gasteiger partial charge is 0.296 e. The summed E-state index contributed by atoms with van der Waals surface area (Å²) in [6.07, 6.45) is 7.21. The van der Waals surface area contributed by atoms with E-state index in [-0.39, 0.29) is 0 Å². The van der Waals surface area contributed by atoms with E-state index in [0.717, 1.165) is 6.42 Å². The topological polar surface area (TPSA) is 12.4 Å². The van der Waals surface area contributed by atoms with Crippen LogP contribution in [-0.2, 0) is 0 Å². The lowest BCUT2D eigenvalue weighted by molar-refractivity contribution is 1.17. The lowest BCUT2D eigenvalue weighted by Gasteiger charge is -1.95. The first kappa shape index (κ1) is 10.2. The Morgan fingerprint density at radius 3 is 2.45 bits per heavy atom. The van der Waals surface area contributed by atoms with E-state index in [2.05, 4.69) is 31.0 Å². The van der Waals surface area contributed by atoms with Crippen LogP contribution in [0.1, 0.15) is 27.2 Å². The molecular formula is C10H17N. The molecule has 0 aliphatic heterocycles. The molecule has 0 heterocycles. The van der Waals surface area contributed by atoms with Crippen LogP contribution >= 0.6 is 0 Å². The van der Waals surface area contributed by atoms with Crippen LogP contribution in [0.15, 0.2) is 28.3 Å². The molecule has 0 rings (SSSR count). The number of hydrogen-bond donors (Lipinski definition) is 0. The zero-order valence-corrected chi connectivity index (χ0v) is 7.89. The molecule has 62 valence electrons. The van der Waals surface area contributed by atoms with E-state index < -0.39 is 0 Å². The normalized spacial score (nSPS) is 14.5. The van der Waals surface area contributed by atoms with Crippen molar-refractivity contribution in [3.05, 3.63) is 23.3 Å². The van der Waals surface area contributed by atoms with Crippen molar-refractivity contribution in [2.24, 2.45) is 4.99 Å². The summed E-state index contributed by atoms with van der Waals surface area (Å²) in [4.78, 5) is 3.97. The first-order valence-corrected chi connectivity index (χ1v) is 4.00. The van der Waals surface area contributed by atoms with E-state index in [0.29, 0.717) is 0 Å². The Labute approximate surface area is 69.5 Å². The highest BCUT2D eigenvalue weighted by Gasteiger charge is 1.87. The molecule has 0 atom stereocenters. The van der Waals surface area contributed by atoms with Gasteiger partial charge >= 0.3 is 0 Å². The van der Waals surface area contributed by atoms with E-state index in [1.165, 1.54) is 11.1 Å². The van der Waals surface area contributed by atoms with Gasteiger partial charge in [-0.3, -0.25) is 4.99 Å².